The Labute approximate surface area is 150 Å². The predicted molar refractivity (Wildman–Crippen MR) is 94.1 cm³/mol. The molecular formula is C18H21N3O5. The third-order valence-corrected chi connectivity index (χ3v) is 4.12. The Hall–Kier alpha value is -2.54. The fourth-order valence-electron chi connectivity index (χ4n) is 2.98. The van der Waals surface area contributed by atoms with E-state index >= 15 is 0 Å². The number of aliphatic imine (C=N–C) groups is 1. The van der Waals surface area contributed by atoms with Gasteiger partial charge in [-0.1, -0.05) is 12.1 Å². The highest BCUT2D eigenvalue weighted by Crippen LogP contribution is 2.35. The molecule has 0 saturated carbocycles. The zero-order valence-corrected chi connectivity index (χ0v) is 14.4. The van der Waals surface area contributed by atoms with Crippen LogP contribution in [0.3, 0.4) is 0 Å². The van der Waals surface area contributed by atoms with Gasteiger partial charge in [-0.25, -0.2) is 0 Å². The third kappa shape index (κ3) is 3.67. The summed E-state index contributed by atoms with van der Waals surface area (Å²) in [7, 11) is 1.50. The summed E-state index contributed by atoms with van der Waals surface area (Å²) in [6.45, 7) is -1.27. The molecule has 138 valence electrons. The summed E-state index contributed by atoms with van der Waals surface area (Å²) in [5, 5.41) is 47.4. The number of methoxy groups -OCH3 is 1. The van der Waals surface area contributed by atoms with Gasteiger partial charge in [0.05, 0.1) is 32.1 Å². The maximum absolute atomic E-state index is 9.89. The average molecular weight is 359 g/mol. The van der Waals surface area contributed by atoms with Crippen molar-refractivity contribution in [2.75, 3.05) is 13.8 Å². The maximum atomic E-state index is 9.89. The van der Waals surface area contributed by atoms with Crippen molar-refractivity contribution >= 4 is 6.21 Å². The average Bonchev–Trinajstić information content (AvgIpc) is 3.02. The first kappa shape index (κ1) is 19.8. The molecule has 0 radical (unpaired) electrons. The molecule has 1 heterocycles. The molecule has 0 unspecified atom stereocenters. The Morgan fingerprint density at radius 1 is 1.12 bits per heavy atom. The van der Waals surface area contributed by atoms with E-state index in [0.717, 1.165) is 0 Å². The van der Waals surface area contributed by atoms with E-state index in [0.29, 0.717) is 39.1 Å². The zero-order chi connectivity index (χ0) is 19.1. The molecular weight excluding hydrogens is 338 g/mol. The van der Waals surface area contributed by atoms with E-state index in [9.17, 15) is 20.6 Å². The van der Waals surface area contributed by atoms with Crippen molar-refractivity contribution < 1.29 is 25.2 Å². The SMILES string of the molecule is COCc1c(C#N)[nH]c(/C=N/CO)c1-c1ccc(CO)c(CO)c1CO. The highest BCUT2D eigenvalue weighted by atomic mass is 16.5. The molecule has 8 heteroatoms. The number of rotatable bonds is 8. The molecule has 5 N–H and O–H groups in total. The molecule has 2 rings (SSSR count). The second kappa shape index (κ2) is 9.24. The van der Waals surface area contributed by atoms with Crippen molar-refractivity contribution in [1.82, 2.24) is 4.98 Å². The Bertz CT molecular complexity index is 836. The first-order chi connectivity index (χ1) is 12.7. The molecule has 0 aliphatic carbocycles. The molecule has 0 fully saturated rings. The lowest BCUT2D eigenvalue weighted by atomic mass is 9.90. The summed E-state index contributed by atoms with van der Waals surface area (Å²) >= 11 is 0. The lowest BCUT2D eigenvalue weighted by molar-refractivity contribution is 0.185. The van der Waals surface area contributed by atoms with Gasteiger partial charge in [0.1, 0.15) is 18.5 Å². The van der Waals surface area contributed by atoms with Crippen LogP contribution in [0, 0.1) is 11.3 Å². The maximum Gasteiger partial charge on any atom is 0.134 e. The normalized spacial score (nSPS) is 11.2. The number of nitrogens with one attached hydrogen (secondary N) is 1. The molecule has 0 spiro atoms. The van der Waals surface area contributed by atoms with Gasteiger partial charge in [0.15, 0.2) is 0 Å². The van der Waals surface area contributed by atoms with Crippen molar-refractivity contribution in [3.05, 3.63) is 45.8 Å². The molecule has 0 saturated heterocycles. The third-order valence-electron chi connectivity index (χ3n) is 4.12. The van der Waals surface area contributed by atoms with E-state index < -0.39 is 6.73 Å². The van der Waals surface area contributed by atoms with E-state index in [-0.39, 0.29) is 32.1 Å². The zero-order valence-electron chi connectivity index (χ0n) is 14.4. The number of aliphatic hydroxyl groups is 4. The lowest BCUT2D eigenvalue weighted by Crippen LogP contribution is -2.05. The highest BCUT2D eigenvalue weighted by molar-refractivity contribution is 5.92. The first-order valence-corrected chi connectivity index (χ1v) is 7.87. The van der Waals surface area contributed by atoms with Gasteiger partial charge in [-0.2, -0.15) is 5.26 Å². The number of benzene rings is 1. The van der Waals surface area contributed by atoms with Crippen LogP contribution in [0.2, 0.25) is 0 Å². The van der Waals surface area contributed by atoms with Crippen LogP contribution >= 0.6 is 0 Å². The number of nitrogens with zero attached hydrogens (tertiary/aromatic N) is 2. The van der Waals surface area contributed by atoms with Gasteiger partial charge < -0.3 is 30.1 Å². The molecule has 0 amide bonds. The molecule has 0 aliphatic heterocycles. The fraction of sp³-hybridized carbons (Fsp3) is 0.333. The quantitative estimate of drug-likeness (QED) is 0.436. The Morgan fingerprint density at radius 3 is 2.38 bits per heavy atom. The van der Waals surface area contributed by atoms with E-state index in [1.54, 1.807) is 12.1 Å². The number of hydrogen-bond acceptors (Lipinski definition) is 7. The molecule has 0 atom stereocenters. The number of hydrogen-bond donors (Lipinski definition) is 5. The van der Waals surface area contributed by atoms with Crippen LogP contribution in [0.15, 0.2) is 17.1 Å². The molecule has 0 aliphatic rings. The van der Waals surface area contributed by atoms with Gasteiger partial charge in [-0.15, -0.1) is 0 Å². The van der Waals surface area contributed by atoms with E-state index in [4.69, 9.17) is 9.84 Å². The first-order valence-electron chi connectivity index (χ1n) is 7.87. The summed E-state index contributed by atoms with van der Waals surface area (Å²) in [5.41, 5.74) is 3.88. The van der Waals surface area contributed by atoms with Gasteiger partial charge in [0, 0.05) is 24.5 Å². The van der Waals surface area contributed by atoms with Crippen LogP contribution in [0.4, 0.5) is 0 Å². The molecule has 2 aromatic rings. The van der Waals surface area contributed by atoms with Gasteiger partial charge in [0.25, 0.3) is 0 Å². The van der Waals surface area contributed by atoms with Crippen LogP contribution in [0.1, 0.15) is 33.6 Å². The van der Waals surface area contributed by atoms with Crippen LogP contribution in [-0.4, -0.2) is 45.5 Å². The van der Waals surface area contributed by atoms with Crippen LogP contribution in [0.25, 0.3) is 11.1 Å². The summed E-state index contributed by atoms with van der Waals surface area (Å²) in [4.78, 5) is 6.75. The second-order valence-corrected chi connectivity index (χ2v) is 5.47. The topological polar surface area (TPSA) is 142 Å². The Balaban J connectivity index is 2.84. The van der Waals surface area contributed by atoms with Crippen molar-refractivity contribution in [3.8, 4) is 17.2 Å². The molecule has 1 aromatic heterocycles. The summed E-state index contributed by atoms with van der Waals surface area (Å²) < 4.78 is 5.21. The van der Waals surface area contributed by atoms with Crippen molar-refractivity contribution in [3.63, 3.8) is 0 Å². The highest BCUT2D eigenvalue weighted by Gasteiger charge is 2.22. The summed E-state index contributed by atoms with van der Waals surface area (Å²) in [5.74, 6) is 0. The standard InChI is InChI=1S/C18H21N3O5/c1-26-9-15-16(4-19)21-17(5-20-10-25)18(15)12-3-2-11(6-22)13(7-23)14(12)8-24/h2-3,5,21-25H,6-10H2,1H3/b20-5+. The summed E-state index contributed by atoms with van der Waals surface area (Å²) in [6, 6.07) is 5.42. The van der Waals surface area contributed by atoms with E-state index in [2.05, 4.69) is 16.0 Å². The molecule has 8 nitrogen and oxygen atoms in total. The Kier molecular flexibility index (Phi) is 7.03. The van der Waals surface area contributed by atoms with Crippen molar-refractivity contribution in [2.24, 2.45) is 4.99 Å². The molecule has 26 heavy (non-hydrogen) atoms. The Morgan fingerprint density at radius 2 is 1.85 bits per heavy atom. The summed E-state index contributed by atoms with van der Waals surface area (Å²) in [6.07, 6.45) is 1.40. The number of aliphatic hydroxyl groups excluding tert-OH is 4. The number of aromatic amines is 1. The number of nitriles is 1. The minimum Gasteiger partial charge on any atom is -0.392 e. The van der Waals surface area contributed by atoms with Gasteiger partial charge in [-0.05, 0) is 22.3 Å². The predicted octanol–water partition coefficient (Wildman–Crippen LogP) is 0.545. The van der Waals surface area contributed by atoms with Gasteiger partial charge >= 0.3 is 0 Å². The van der Waals surface area contributed by atoms with Crippen LogP contribution in [-0.2, 0) is 31.2 Å². The van der Waals surface area contributed by atoms with E-state index in [1.165, 1.54) is 13.3 Å². The molecule has 0 bridgehead atoms. The molecule has 1 aromatic carbocycles. The van der Waals surface area contributed by atoms with Crippen LogP contribution < -0.4 is 0 Å². The van der Waals surface area contributed by atoms with Gasteiger partial charge in [-0.3, -0.25) is 4.99 Å². The number of aromatic nitrogens is 1. The fourth-order valence-corrected chi connectivity index (χ4v) is 2.98. The van der Waals surface area contributed by atoms with Crippen molar-refractivity contribution in [1.29, 1.82) is 5.26 Å². The smallest absolute Gasteiger partial charge is 0.134 e. The monoisotopic (exact) mass is 359 g/mol. The number of H-pyrrole nitrogens is 1. The van der Waals surface area contributed by atoms with E-state index in [1.807, 2.05) is 0 Å². The van der Waals surface area contributed by atoms with Crippen molar-refractivity contribution in [2.45, 2.75) is 26.4 Å². The number of ether oxygens (including phenoxy) is 1. The van der Waals surface area contributed by atoms with Crippen LogP contribution in [0.5, 0.6) is 0 Å². The lowest BCUT2D eigenvalue weighted by Gasteiger charge is -2.16. The second-order valence-electron chi connectivity index (χ2n) is 5.47. The minimum absolute atomic E-state index is 0.142. The van der Waals surface area contributed by atoms with Gasteiger partial charge in [0.2, 0.25) is 0 Å². The minimum atomic E-state index is -0.418. The largest absolute Gasteiger partial charge is 0.392 e.